The van der Waals surface area contributed by atoms with Gasteiger partial charge in [0.25, 0.3) is 5.91 Å². The van der Waals surface area contributed by atoms with Crippen molar-refractivity contribution in [1.82, 2.24) is 19.7 Å². The summed E-state index contributed by atoms with van der Waals surface area (Å²) in [4.78, 5) is 25.1. The highest BCUT2D eigenvalue weighted by Crippen LogP contribution is 2.23. The monoisotopic (exact) mass is 457 g/mol. The summed E-state index contributed by atoms with van der Waals surface area (Å²) in [5.74, 6) is 0.635. The molecule has 2 aromatic carbocycles. The molecular formula is C23H25F2N5O3. The molecule has 1 aliphatic heterocycles. The second-order valence-electron chi connectivity index (χ2n) is 7.71. The van der Waals surface area contributed by atoms with Crippen LogP contribution in [0.1, 0.15) is 35.4 Å². The van der Waals surface area contributed by atoms with E-state index in [0.717, 1.165) is 31.6 Å². The van der Waals surface area contributed by atoms with Gasteiger partial charge < -0.3 is 15.4 Å². The van der Waals surface area contributed by atoms with Gasteiger partial charge in [-0.1, -0.05) is 12.1 Å². The predicted octanol–water partition coefficient (Wildman–Crippen LogP) is 3.55. The Morgan fingerprint density at radius 3 is 2.67 bits per heavy atom. The molecule has 0 fully saturated rings. The third-order valence-corrected chi connectivity index (χ3v) is 5.39. The maximum Gasteiger partial charge on any atom is 0.387 e. The SMILES string of the molecule is O=C(NCCCn1nc2n(c1=O)CCCC2)c1ccccc1Nc1ccc(OC(F)F)cc1. The van der Waals surface area contributed by atoms with Crippen molar-refractivity contribution in [2.24, 2.45) is 0 Å². The smallest absolute Gasteiger partial charge is 0.387 e. The normalized spacial score (nSPS) is 12.9. The average molecular weight is 457 g/mol. The lowest BCUT2D eigenvalue weighted by atomic mass is 10.1. The van der Waals surface area contributed by atoms with Crippen molar-refractivity contribution >= 4 is 17.3 Å². The zero-order valence-electron chi connectivity index (χ0n) is 18.0. The van der Waals surface area contributed by atoms with E-state index in [1.54, 1.807) is 41.0 Å². The van der Waals surface area contributed by atoms with Gasteiger partial charge in [0.15, 0.2) is 0 Å². The van der Waals surface area contributed by atoms with Gasteiger partial charge in [0.05, 0.1) is 11.3 Å². The van der Waals surface area contributed by atoms with Crippen LogP contribution in [0.2, 0.25) is 0 Å². The highest BCUT2D eigenvalue weighted by molar-refractivity contribution is 6.00. The number of carbonyl (C=O) groups excluding carboxylic acids is 1. The predicted molar refractivity (Wildman–Crippen MR) is 119 cm³/mol. The van der Waals surface area contributed by atoms with E-state index >= 15 is 0 Å². The van der Waals surface area contributed by atoms with Gasteiger partial charge in [0, 0.05) is 31.7 Å². The van der Waals surface area contributed by atoms with Crippen LogP contribution in [0.15, 0.2) is 53.3 Å². The van der Waals surface area contributed by atoms with E-state index in [0.29, 0.717) is 36.4 Å². The van der Waals surface area contributed by atoms with Crippen molar-refractivity contribution in [3.05, 3.63) is 70.4 Å². The third kappa shape index (κ3) is 5.57. The zero-order valence-corrected chi connectivity index (χ0v) is 18.0. The van der Waals surface area contributed by atoms with E-state index in [9.17, 15) is 18.4 Å². The first kappa shape index (κ1) is 22.5. The zero-order chi connectivity index (χ0) is 23.2. The Morgan fingerprint density at radius 1 is 1.12 bits per heavy atom. The number of hydrogen-bond donors (Lipinski definition) is 2. The lowest BCUT2D eigenvalue weighted by Crippen LogP contribution is -2.29. The first-order valence-corrected chi connectivity index (χ1v) is 10.9. The van der Waals surface area contributed by atoms with E-state index in [-0.39, 0.29) is 17.3 Å². The van der Waals surface area contributed by atoms with Crippen molar-refractivity contribution in [1.29, 1.82) is 0 Å². The number of amides is 1. The van der Waals surface area contributed by atoms with E-state index in [2.05, 4.69) is 20.5 Å². The number of carbonyl (C=O) groups is 1. The summed E-state index contributed by atoms with van der Waals surface area (Å²) in [5.41, 5.74) is 1.56. The molecule has 0 radical (unpaired) electrons. The summed E-state index contributed by atoms with van der Waals surface area (Å²) in [5, 5.41) is 10.4. The summed E-state index contributed by atoms with van der Waals surface area (Å²) >= 11 is 0. The number of hydrogen-bond acceptors (Lipinski definition) is 5. The van der Waals surface area contributed by atoms with Crippen LogP contribution in [-0.4, -0.2) is 33.4 Å². The van der Waals surface area contributed by atoms with Gasteiger partial charge in [-0.15, -0.1) is 0 Å². The topological polar surface area (TPSA) is 90.2 Å². The van der Waals surface area contributed by atoms with Gasteiger partial charge in [-0.25, -0.2) is 9.48 Å². The Hall–Kier alpha value is -3.69. The molecule has 174 valence electrons. The molecule has 0 aliphatic carbocycles. The molecule has 1 aliphatic rings. The molecule has 0 atom stereocenters. The molecule has 8 nitrogen and oxygen atoms in total. The lowest BCUT2D eigenvalue weighted by molar-refractivity contribution is -0.0498. The number of nitrogens with one attached hydrogen (secondary N) is 2. The number of aryl methyl sites for hydroxylation is 2. The molecule has 0 saturated carbocycles. The number of halogens is 2. The standard InChI is InChI=1S/C23H25F2N5O3/c24-22(25)33-17-11-9-16(10-12-17)27-19-7-2-1-6-18(19)21(31)26-13-5-15-30-23(32)29-14-4-3-8-20(29)28-30/h1-2,6-7,9-12,22,27H,3-5,8,13-15H2,(H,26,31). The Labute approximate surface area is 189 Å². The number of benzene rings is 2. The first-order chi connectivity index (χ1) is 16.0. The molecule has 33 heavy (non-hydrogen) atoms. The molecule has 0 unspecified atom stereocenters. The summed E-state index contributed by atoms with van der Waals surface area (Å²) in [6.07, 6.45) is 3.44. The maximum atomic E-state index is 12.7. The fourth-order valence-electron chi connectivity index (χ4n) is 3.79. The minimum Gasteiger partial charge on any atom is -0.435 e. The quantitative estimate of drug-likeness (QED) is 0.480. The summed E-state index contributed by atoms with van der Waals surface area (Å²) in [6, 6.07) is 13.0. The fourth-order valence-corrected chi connectivity index (χ4v) is 3.79. The largest absolute Gasteiger partial charge is 0.435 e. The number of nitrogens with zero attached hydrogens (tertiary/aromatic N) is 3. The van der Waals surface area contributed by atoms with Crippen LogP contribution in [0.4, 0.5) is 20.2 Å². The van der Waals surface area contributed by atoms with Crippen molar-refractivity contribution in [2.45, 2.75) is 45.4 Å². The number of anilines is 2. The minimum atomic E-state index is -2.88. The molecule has 3 aromatic rings. The number of aromatic nitrogens is 3. The van der Waals surface area contributed by atoms with Gasteiger partial charge in [-0.3, -0.25) is 9.36 Å². The van der Waals surface area contributed by atoms with Crippen LogP contribution in [0, 0.1) is 0 Å². The second kappa shape index (κ2) is 10.3. The van der Waals surface area contributed by atoms with E-state index in [1.165, 1.54) is 16.8 Å². The van der Waals surface area contributed by atoms with Crippen LogP contribution in [0.5, 0.6) is 5.75 Å². The Kier molecular flexibility index (Phi) is 7.01. The van der Waals surface area contributed by atoms with Gasteiger partial charge in [0.1, 0.15) is 11.6 Å². The Balaban J connectivity index is 1.32. The number of para-hydroxylation sites is 1. The molecule has 1 aromatic heterocycles. The van der Waals surface area contributed by atoms with Gasteiger partial charge >= 0.3 is 12.3 Å². The van der Waals surface area contributed by atoms with Crippen LogP contribution in [0.3, 0.4) is 0 Å². The first-order valence-electron chi connectivity index (χ1n) is 10.9. The van der Waals surface area contributed by atoms with Crippen LogP contribution < -0.4 is 21.1 Å². The molecule has 1 amide bonds. The number of ether oxygens (including phenoxy) is 1. The van der Waals surface area contributed by atoms with Crippen molar-refractivity contribution in [3.63, 3.8) is 0 Å². The molecule has 0 saturated heterocycles. The average Bonchev–Trinajstić information content (AvgIpc) is 3.13. The van der Waals surface area contributed by atoms with Crippen molar-refractivity contribution < 1.29 is 18.3 Å². The highest BCUT2D eigenvalue weighted by atomic mass is 19.3. The molecule has 0 bridgehead atoms. The lowest BCUT2D eigenvalue weighted by Gasteiger charge is -2.13. The third-order valence-electron chi connectivity index (χ3n) is 5.39. The van der Waals surface area contributed by atoms with Crippen LogP contribution >= 0.6 is 0 Å². The van der Waals surface area contributed by atoms with Gasteiger partial charge in [-0.2, -0.15) is 13.9 Å². The minimum absolute atomic E-state index is 0.0549. The number of rotatable bonds is 9. The molecular weight excluding hydrogens is 432 g/mol. The van der Waals surface area contributed by atoms with Crippen LogP contribution in [-0.2, 0) is 19.5 Å². The number of fused-ring (bicyclic) bond motifs is 1. The van der Waals surface area contributed by atoms with Crippen molar-refractivity contribution in [2.75, 3.05) is 11.9 Å². The van der Waals surface area contributed by atoms with Crippen LogP contribution in [0.25, 0.3) is 0 Å². The summed E-state index contributed by atoms with van der Waals surface area (Å²) < 4.78 is 32.2. The molecule has 2 heterocycles. The molecule has 0 spiro atoms. The summed E-state index contributed by atoms with van der Waals surface area (Å²) in [7, 11) is 0. The Bertz CT molecular complexity index is 1160. The van der Waals surface area contributed by atoms with Gasteiger partial charge in [-0.05, 0) is 55.7 Å². The maximum absolute atomic E-state index is 12.7. The van der Waals surface area contributed by atoms with Crippen molar-refractivity contribution in [3.8, 4) is 5.75 Å². The molecule has 4 rings (SSSR count). The second-order valence-corrected chi connectivity index (χ2v) is 7.71. The van der Waals surface area contributed by atoms with Gasteiger partial charge in [0.2, 0.25) is 0 Å². The fraction of sp³-hybridized carbons (Fsp3) is 0.348. The van der Waals surface area contributed by atoms with E-state index < -0.39 is 6.61 Å². The van der Waals surface area contributed by atoms with E-state index in [4.69, 9.17) is 0 Å². The summed E-state index contributed by atoms with van der Waals surface area (Å²) in [6.45, 7) is -1.34. The van der Waals surface area contributed by atoms with E-state index in [1.807, 2.05) is 0 Å². The molecule has 10 heteroatoms. The molecule has 2 N–H and O–H groups in total. The number of alkyl halides is 2. The Morgan fingerprint density at radius 2 is 1.91 bits per heavy atom. The highest BCUT2D eigenvalue weighted by Gasteiger charge is 2.16.